The first kappa shape index (κ1) is 18.0. The number of hydrogen-bond donors (Lipinski definition) is 0. The van der Waals surface area contributed by atoms with E-state index >= 15 is 0 Å². The molecule has 2 fully saturated rings. The quantitative estimate of drug-likeness (QED) is 0.375. The number of methoxy groups -OCH3 is 1. The lowest BCUT2D eigenvalue weighted by atomic mass is 9.86. The van der Waals surface area contributed by atoms with E-state index in [9.17, 15) is 4.79 Å². The Hall–Kier alpha value is -0.390. The fraction of sp³-hybridized carbons (Fsp3) is 0.875. The number of alkyl halides is 1. The molecule has 2 rings (SSSR count). The van der Waals surface area contributed by atoms with Crippen molar-refractivity contribution in [1.29, 1.82) is 5.26 Å². The molecule has 0 aliphatic carbocycles. The second kappa shape index (κ2) is 7.93. The Balaban J connectivity index is 1.94. The highest BCUT2D eigenvalue weighted by atomic mass is 127. The van der Waals surface area contributed by atoms with Crippen molar-refractivity contribution in [2.45, 2.75) is 69.4 Å². The molecular formula is C16H24INO4. The normalized spacial score (nSPS) is 35.5. The van der Waals surface area contributed by atoms with Crippen molar-refractivity contribution in [3.8, 4) is 6.07 Å². The van der Waals surface area contributed by atoms with E-state index in [-0.39, 0.29) is 35.8 Å². The number of rotatable bonds is 6. The molecule has 2 aliphatic rings. The third-order valence-electron chi connectivity index (χ3n) is 4.63. The third kappa shape index (κ3) is 4.12. The number of carbonyl (C=O) groups excluding carboxylic acids is 1. The summed E-state index contributed by atoms with van der Waals surface area (Å²) in [5, 5.41) is 8.99. The van der Waals surface area contributed by atoms with Crippen LogP contribution in [0, 0.1) is 17.2 Å². The van der Waals surface area contributed by atoms with Gasteiger partial charge in [-0.3, -0.25) is 4.79 Å². The molecule has 2 aliphatic heterocycles. The van der Waals surface area contributed by atoms with Gasteiger partial charge in [0.1, 0.15) is 5.60 Å². The number of halogens is 1. The molecule has 0 amide bonds. The van der Waals surface area contributed by atoms with Crippen LogP contribution < -0.4 is 0 Å². The average Bonchev–Trinajstić information content (AvgIpc) is 2.90. The predicted molar refractivity (Wildman–Crippen MR) is 89.6 cm³/mol. The monoisotopic (exact) mass is 421 g/mol. The topological polar surface area (TPSA) is 68.5 Å². The number of carbonyl (C=O) groups is 1. The summed E-state index contributed by atoms with van der Waals surface area (Å²) < 4.78 is 18.1. The number of fused-ring (bicyclic) bond motifs is 1. The van der Waals surface area contributed by atoms with Gasteiger partial charge in [0.25, 0.3) is 0 Å². The van der Waals surface area contributed by atoms with Gasteiger partial charge in [-0.25, -0.2) is 0 Å². The first-order chi connectivity index (χ1) is 10.5. The van der Waals surface area contributed by atoms with Crippen LogP contribution in [0.3, 0.4) is 0 Å². The molecule has 1 unspecified atom stereocenters. The minimum atomic E-state index is -0.251. The van der Waals surface area contributed by atoms with Crippen LogP contribution >= 0.6 is 22.6 Å². The van der Waals surface area contributed by atoms with Crippen molar-refractivity contribution in [2.24, 2.45) is 5.92 Å². The van der Waals surface area contributed by atoms with Gasteiger partial charge >= 0.3 is 5.97 Å². The number of hydrogen-bond acceptors (Lipinski definition) is 5. The van der Waals surface area contributed by atoms with Crippen LogP contribution in [-0.4, -0.2) is 41.4 Å². The summed E-state index contributed by atoms with van der Waals surface area (Å²) in [7, 11) is 1.41. The van der Waals surface area contributed by atoms with Gasteiger partial charge in [0.2, 0.25) is 0 Å². The van der Waals surface area contributed by atoms with Gasteiger partial charge in [-0.15, -0.1) is 0 Å². The third-order valence-corrected chi connectivity index (χ3v) is 5.92. The minimum absolute atomic E-state index is 0.0188. The number of esters is 1. The smallest absolute Gasteiger partial charge is 0.305 e. The van der Waals surface area contributed by atoms with Crippen LogP contribution in [0.15, 0.2) is 0 Å². The Morgan fingerprint density at radius 1 is 1.50 bits per heavy atom. The Bertz CT molecular complexity index is 438. The van der Waals surface area contributed by atoms with Crippen molar-refractivity contribution >= 4 is 28.6 Å². The van der Waals surface area contributed by atoms with Gasteiger partial charge in [0.15, 0.2) is 0 Å². The predicted octanol–water partition coefficient (Wildman–Crippen LogP) is 3.00. The largest absolute Gasteiger partial charge is 0.469 e. The first-order valence-electron chi connectivity index (χ1n) is 7.88. The Morgan fingerprint density at radius 3 is 2.91 bits per heavy atom. The zero-order valence-corrected chi connectivity index (χ0v) is 15.4. The molecule has 0 N–H and O–H groups in total. The minimum Gasteiger partial charge on any atom is -0.469 e. The molecule has 0 aromatic carbocycles. The first-order valence-corrected chi connectivity index (χ1v) is 9.41. The lowest BCUT2D eigenvalue weighted by molar-refractivity contribution is -0.155. The van der Waals surface area contributed by atoms with Crippen molar-refractivity contribution in [1.82, 2.24) is 0 Å². The molecule has 0 aromatic heterocycles. The van der Waals surface area contributed by atoms with E-state index in [1.165, 1.54) is 7.11 Å². The molecule has 124 valence electrons. The molecule has 0 spiro atoms. The zero-order chi connectivity index (χ0) is 16.2. The molecule has 2 heterocycles. The van der Waals surface area contributed by atoms with E-state index in [1.807, 2.05) is 6.92 Å². The molecule has 5 nitrogen and oxygen atoms in total. The Kier molecular flexibility index (Phi) is 6.47. The molecule has 0 radical (unpaired) electrons. The second-order valence-corrected chi connectivity index (χ2v) is 7.11. The van der Waals surface area contributed by atoms with Crippen LogP contribution in [0.4, 0.5) is 0 Å². The SMILES string of the molecule is COC(=O)CC[C@H]1CC2(CI)O[C@@H](C[C@@H](C)C#N)CC[C@@H]2O1. The average molecular weight is 421 g/mol. The summed E-state index contributed by atoms with van der Waals surface area (Å²) in [6, 6.07) is 2.29. The molecule has 0 aromatic rings. The highest BCUT2D eigenvalue weighted by molar-refractivity contribution is 14.1. The van der Waals surface area contributed by atoms with E-state index in [1.54, 1.807) is 0 Å². The summed E-state index contributed by atoms with van der Waals surface area (Å²) in [6.07, 6.45) is 4.92. The maximum absolute atomic E-state index is 11.3. The summed E-state index contributed by atoms with van der Waals surface area (Å²) in [5.41, 5.74) is -0.251. The van der Waals surface area contributed by atoms with Gasteiger partial charge in [0, 0.05) is 23.2 Å². The van der Waals surface area contributed by atoms with Crippen molar-refractivity contribution < 1.29 is 19.0 Å². The molecule has 0 saturated carbocycles. The molecule has 5 atom stereocenters. The Morgan fingerprint density at radius 2 is 2.27 bits per heavy atom. The van der Waals surface area contributed by atoms with E-state index in [2.05, 4.69) is 28.7 Å². The lowest BCUT2D eigenvalue weighted by Crippen LogP contribution is -2.50. The highest BCUT2D eigenvalue weighted by Crippen LogP contribution is 2.44. The summed E-state index contributed by atoms with van der Waals surface area (Å²) in [5.74, 6) is -0.172. The van der Waals surface area contributed by atoms with E-state index < -0.39 is 0 Å². The second-order valence-electron chi connectivity index (χ2n) is 6.35. The standard InChI is InChI=1S/C16H24INO4/c1-11(9-18)7-12-3-5-14-16(10-17,22-12)8-13(21-14)4-6-15(19)20-2/h11-14H,3-8,10H2,1-2H3/t11-,12-,13+,14+,16?/m1/s1. The molecular weight excluding hydrogens is 397 g/mol. The fourth-order valence-electron chi connectivity index (χ4n) is 3.44. The van der Waals surface area contributed by atoms with Gasteiger partial charge in [-0.1, -0.05) is 22.6 Å². The van der Waals surface area contributed by atoms with Crippen LogP contribution in [0.25, 0.3) is 0 Å². The molecule has 6 heteroatoms. The van der Waals surface area contributed by atoms with Crippen LogP contribution in [0.1, 0.15) is 45.4 Å². The van der Waals surface area contributed by atoms with Gasteiger partial charge in [-0.05, 0) is 32.6 Å². The Labute approximate surface area is 145 Å². The zero-order valence-electron chi connectivity index (χ0n) is 13.2. The number of ether oxygens (including phenoxy) is 3. The summed E-state index contributed by atoms with van der Waals surface area (Å²) >= 11 is 2.37. The number of nitriles is 1. The fourth-order valence-corrected chi connectivity index (χ4v) is 4.42. The van der Waals surface area contributed by atoms with E-state index in [0.717, 1.165) is 30.1 Å². The molecule has 2 saturated heterocycles. The van der Waals surface area contributed by atoms with Crippen molar-refractivity contribution in [3.05, 3.63) is 0 Å². The summed E-state index contributed by atoms with van der Waals surface area (Å²) in [6.45, 7) is 1.94. The highest BCUT2D eigenvalue weighted by Gasteiger charge is 2.52. The van der Waals surface area contributed by atoms with Crippen LogP contribution in [-0.2, 0) is 19.0 Å². The van der Waals surface area contributed by atoms with E-state index in [4.69, 9.17) is 19.5 Å². The van der Waals surface area contributed by atoms with Crippen LogP contribution in [0.5, 0.6) is 0 Å². The molecule has 22 heavy (non-hydrogen) atoms. The van der Waals surface area contributed by atoms with Gasteiger partial charge < -0.3 is 14.2 Å². The van der Waals surface area contributed by atoms with Crippen molar-refractivity contribution in [3.63, 3.8) is 0 Å². The van der Waals surface area contributed by atoms with Crippen molar-refractivity contribution in [2.75, 3.05) is 11.5 Å². The van der Waals surface area contributed by atoms with Gasteiger partial charge in [0.05, 0.1) is 31.5 Å². The maximum Gasteiger partial charge on any atom is 0.305 e. The van der Waals surface area contributed by atoms with Crippen LogP contribution in [0.2, 0.25) is 0 Å². The molecule has 0 bridgehead atoms. The summed E-state index contributed by atoms with van der Waals surface area (Å²) in [4.78, 5) is 11.3. The maximum atomic E-state index is 11.3. The van der Waals surface area contributed by atoms with E-state index in [0.29, 0.717) is 12.8 Å². The van der Waals surface area contributed by atoms with Gasteiger partial charge in [-0.2, -0.15) is 5.26 Å². The lowest BCUT2D eigenvalue weighted by Gasteiger charge is -2.41. The number of nitrogens with zero attached hydrogens (tertiary/aromatic N) is 1.